The topological polar surface area (TPSA) is 55.4 Å². The van der Waals surface area contributed by atoms with Gasteiger partial charge in [-0.1, -0.05) is 23.3 Å². The van der Waals surface area contributed by atoms with E-state index in [9.17, 15) is 9.59 Å². The second kappa shape index (κ2) is 10.1. The monoisotopic (exact) mass is 397 g/mol. The number of ether oxygens (including phenoxy) is 1. The van der Waals surface area contributed by atoms with E-state index in [1.165, 1.54) is 18.4 Å². The molecule has 0 fully saturated rings. The first kappa shape index (κ1) is 20.2. The van der Waals surface area contributed by atoms with Gasteiger partial charge in [0.15, 0.2) is 12.4 Å². The van der Waals surface area contributed by atoms with Gasteiger partial charge in [0, 0.05) is 22.7 Å². The van der Waals surface area contributed by atoms with Gasteiger partial charge in [-0.15, -0.1) is 0 Å². The van der Waals surface area contributed by atoms with Gasteiger partial charge in [0.25, 0.3) is 5.91 Å². The lowest BCUT2D eigenvalue weighted by Gasteiger charge is -2.13. The number of benzene rings is 2. The van der Waals surface area contributed by atoms with Crippen LogP contribution in [0.2, 0.25) is 5.02 Å². The van der Waals surface area contributed by atoms with Crippen molar-refractivity contribution in [3.63, 3.8) is 0 Å². The molecular formula is C23H24ClNO3. The number of ketones is 1. The van der Waals surface area contributed by atoms with Gasteiger partial charge in [0.1, 0.15) is 5.75 Å². The third-order valence-electron chi connectivity index (χ3n) is 4.75. The highest BCUT2D eigenvalue weighted by Gasteiger charge is 2.10. The molecular weight excluding hydrogens is 374 g/mol. The van der Waals surface area contributed by atoms with Crippen LogP contribution in [-0.2, 0) is 4.79 Å². The average Bonchev–Trinajstić information content (AvgIpc) is 2.73. The molecule has 0 spiro atoms. The van der Waals surface area contributed by atoms with E-state index >= 15 is 0 Å². The predicted molar refractivity (Wildman–Crippen MR) is 111 cm³/mol. The molecule has 0 aromatic heterocycles. The molecule has 0 unspecified atom stereocenters. The lowest BCUT2D eigenvalue weighted by Crippen LogP contribution is -2.30. The van der Waals surface area contributed by atoms with Gasteiger partial charge in [-0.3, -0.25) is 9.59 Å². The predicted octanol–water partition coefficient (Wildman–Crippen LogP) is 4.96. The first-order valence-corrected chi connectivity index (χ1v) is 9.97. The normalized spacial score (nSPS) is 13.5. The molecule has 0 bridgehead atoms. The highest BCUT2D eigenvalue weighted by molar-refractivity contribution is 6.30. The van der Waals surface area contributed by atoms with Crippen molar-refractivity contribution >= 4 is 23.3 Å². The van der Waals surface area contributed by atoms with Crippen LogP contribution in [0.1, 0.15) is 48.0 Å². The van der Waals surface area contributed by atoms with E-state index in [4.69, 9.17) is 16.3 Å². The fourth-order valence-electron chi connectivity index (χ4n) is 3.16. The molecule has 4 nitrogen and oxygen atoms in total. The van der Waals surface area contributed by atoms with Crippen LogP contribution < -0.4 is 10.1 Å². The maximum atomic E-state index is 12.4. The zero-order valence-corrected chi connectivity index (χ0v) is 16.5. The van der Waals surface area contributed by atoms with Crippen LogP contribution in [0.15, 0.2) is 60.2 Å². The summed E-state index contributed by atoms with van der Waals surface area (Å²) in [6.07, 6.45) is 8.02. The Labute approximate surface area is 170 Å². The molecule has 0 aliphatic heterocycles. The molecule has 146 valence electrons. The molecule has 0 heterocycles. The van der Waals surface area contributed by atoms with Crippen LogP contribution in [0, 0.1) is 0 Å². The van der Waals surface area contributed by atoms with Gasteiger partial charge in [-0.25, -0.2) is 0 Å². The van der Waals surface area contributed by atoms with Crippen LogP contribution in [-0.4, -0.2) is 24.8 Å². The molecule has 2 aromatic carbocycles. The fraction of sp³-hybridized carbons (Fsp3) is 0.304. The second-order valence-corrected chi connectivity index (χ2v) is 7.29. The number of nitrogens with one attached hydrogen (secondary N) is 1. The number of carbonyl (C=O) groups excluding carboxylic acids is 2. The van der Waals surface area contributed by atoms with Gasteiger partial charge in [0.05, 0.1) is 0 Å². The van der Waals surface area contributed by atoms with Crippen molar-refractivity contribution < 1.29 is 14.3 Å². The van der Waals surface area contributed by atoms with E-state index < -0.39 is 0 Å². The second-order valence-electron chi connectivity index (χ2n) is 6.86. The minimum Gasteiger partial charge on any atom is -0.484 e. The summed E-state index contributed by atoms with van der Waals surface area (Å²) < 4.78 is 5.51. The van der Waals surface area contributed by atoms with Gasteiger partial charge in [0.2, 0.25) is 0 Å². The Bertz CT molecular complexity index is 841. The molecule has 28 heavy (non-hydrogen) atoms. The van der Waals surface area contributed by atoms with Crippen molar-refractivity contribution in [1.82, 2.24) is 5.32 Å². The largest absolute Gasteiger partial charge is 0.484 e. The van der Waals surface area contributed by atoms with Crippen LogP contribution in [0.25, 0.3) is 0 Å². The van der Waals surface area contributed by atoms with Crippen LogP contribution in [0.5, 0.6) is 5.75 Å². The molecule has 5 heteroatoms. The zero-order valence-electron chi connectivity index (χ0n) is 15.7. The van der Waals surface area contributed by atoms with Gasteiger partial charge < -0.3 is 10.1 Å². The standard InChI is InChI=1S/C23H24ClNO3/c24-20-10-6-18(7-11-20)23(27)19-8-12-21(13-9-19)28-16-22(26)25-15-14-17-4-2-1-3-5-17/h4,6-13H,1-3,5,14-16H2,(H,25,26). The Morgan fingerprint density at radius 3 is 2.29 bits per heavy atom. The van der Waals surface area contributed by atoms with Crippen LogP contribution >= 0.6 is 11.6 Å². The molecule has 1 aliphatic rings. The Kier molecular flexibility index (Phi) is 7.26. The number of rotatable bonds is 8. The van der Waals surface area contributed by atoms with E-state index in [0.717, 1.165) is 19.3 Å². The molecule has 2 aromatic rings. The third-order valence-corrected chi connectivity index (χ3v) is 5.00. The fourth-order valence-corrected chi connectivity index (χ4v) is 3.29. The van der Waals surface area contributed by atoms with E-state index in [1.807, 2.05) is 0 Å². The Morgan fingerprint density at radius 1 is 0.964 bits per heavy atom. The summed E-state index contributed by atoms with van der Waals surface area (Å²) in [7, 11) is 0. The maximum Gasteiger partial charge on any atom is 0.257 e. The molecule has 0 radical (unpaired) electrons. The van der Waals surface area contributed by atoms with Crippen molar-refractivity contribution in [3.05, 3.63) is 76.3 Å². The average molecular weight is 398 g/mol. The summed E-state index contributed by atoms with van der Waals surface area (Å²) in [5, 5.41) is 3.48. The van der Waals surface area contributed by atoms with Crippen molar-refractivity contribution in [3.8, 4) is 5.75 Å². The van der Waals surface area contributed by atoms with Crippen molar-refractivity contribution in [2.45, 2.75) is 32.1 Å². The molecule has 1 aliphatic carbocycles. The van der Waals surface area contributed by atoms with Crippen LogP contribution in [0.4, 0.5) is 0 Å². The van der Waals surface area contributed by atoms with Crippen molar-refractivity contribution in [2.75, 3.05) is 13.2 Å². The number of carbonyl (C=O) groups is 2. The Balaban J connectivity index is 1.43. The van der Waals surface area contributed by atoms with E-state index in [-0.39, 0.29) is 18.3 Å². The quantitative estimate of drug-likeness (QED) is 0.506. The number of halogens is 1. The smallest absolute Gasteiger partial charge is 0.257 e. The summed E-state index contributed by atoms with van der Waals surface area (Å²) in [5.74, 6) is 0.327. The number of hydrogen-bond donors (Lipinski definition) is 1. The van der Waals surface area contributed by atoms with Crippen LogP contribution in [0.3, 0.4) is 0 Å². The summed E-state index contributed by atoms with van der Waals surface area (Å²) >= 11 is 5.85. The maximum absolute atomic E-state index is 12.4. The lowest BCUT2D eigenvalue weighted by molar-refractivity contribution is -0.123. The minimum absolute atomic E-state index is 0.0382. The Hall–Kier alpha value is -2.59. The number of allylic oxidation sites excluding steroid dienone is 1. The lowest BCUT2D eigenvalue weighted by atomic mass is 9.97. The molecule has 0 saturated heterocycles. The first-order chi connectivity index (χ1) is 13.6. The third kappa shape index (κ3) is 5.96. The van der Waals surface area contributed by atoms with Gasteiger partial charge in [-0.05, 0) is 80.6 Å². The SMILES string of the molecule is O=C(COc1ccc(C(=O)c2ccc(Cl)cc2)cc1)NCCC1=CCCCC1. The highest BCUT2D eigenvalue weighted by Crippen LogP contribution is 2.19. The molecule has 3 rings (SSSR count). The first-order valence-electron chi connectivity index (χ1n) is 9.59. The van der Waals surface area contributed by atoms with E-state index in [1.54, 1.807) is 48.5 Å². The van der Waals surface area contributed by atoms with E-state index in [2.05, 4.69) is 11.4 Å². The molecule has 1 N–H and O–H groups in total. The summed E-state index contributed by atoms with van der Waals surface area (Å²) in [6.45, 7) is 0.603. The van der Waals surface area contributed by atoms with Crippen molar-refractivity contribution in [2.24, 2.45) is 0 Å². The minimum atomic E-state index is -0.141. The molecule has 1 amide bonds. The zero-order chi connectivity index (χ0) is 19.8. The molecule has 0 atom stereocenters. The summed E-state index contributed by atoms with van der Waals surface area (Å²) in [6, 6.07) is 13.6. The van der Waals surface area contributed by atoms with Gasteiger partial charge in [-0.2, -0.15) is 0 Å². The summed E-state index contributed by atoms with van der Waals surface area (Å²) in [5.41, 5.74) is 2.57. The number of amides is 1. The number of hydrogen-bond acceptors (Lipinski definition) is 3. The highest BCUT2D eigenvalue weighted by atomic mass is 35.5. The van der Waals surface area contributed by atoms with Gasteiger partial charge >= 0.3 is 0 Å². The van der Waals surface area contributed by atoms with Crippen molar-refractivity contribution in [1.29, 1.82) is 0 Å². The van der Waals surface area contributed by atoms with E-state index in [0.29, 0.717) is 28.4 Å². The molecule has 0 saturated carbocycles. The summed E-state index contributed by atoms with van der Waals surface area (Å²) in [4.78, 5) is 24.4. The Morgan fingerprint density at radius 2 is 1.64 bits per heavy atom.